The monoisotopic (exact) mass is 486 g/mol. The molecule has 7 nitrogen and oxygen atoms in total. The molecule has 3 heterocycles. The molecule has 0 bridgehead atoms. The van der Waals surface area contributed by atoms with Crippen LogP contribution < -0.4 is 15.5 Å². The van der Waals surface area contributed by atoms with E-state index in [2.05, 4.69) is 31.6 Å². The van der Waals surface area contributed by atoms with Gasteiger partial charge in [0.15, 0.2) is 5.96 Å². The maximum absolute atomic E-state index is 12.2. The van der Waals surface area contributed by atoms with E-state index in [1.165, 1.54) is 12.8 Å². The molecule has 2 saturated heterocycles. The first-order valence-corrected chi connectivity index (χ1v) is 9.76. The number of pyridine rings is 1. The van der Waals surface area contributed by atoms with Crippen LogP contribution in [0.1, 0.15) is 38.2 Å². The molecule has 1 amide bonds. The van der Waals surface area contributed by atoms with Crippen molar-refractivity contribution in [1.82, 2.24) is 20.5 Å². The Morgan fingerprint density at radius 1 is 1.15 bits per heavy atom. The average molecular weight is 486 g/mol. The van der Waals surface area contributed by atoms with E-state index in [9.17, 15) is 4.79 Å². The van der Waals surface area contributed by atoms with Gasteiger partial charge in [-0.25, -0.2) is 9.98 Å². The van der Waals surface area contributed by atoms with Crippen molar-refractivity contribution in [3.8, 4) is 0 Å². The van der Waals surface area contributed by atoms with E-state index in [4.69, 9.17) is 0 Å². The van der Waals surface area contributed by atoms with Crippen molar-refractivity contribution in [3.63, 3.8) is 0 Å². The Morgan fingerprint density at radius 2 is 1.85 bits per heavy atom. The molecule has 0 saturated carbocycles. The number of guanidine groups is 1. The van der Waals surface area contributed by atoms with E-state index in [1.807, 2.05) is 24.1 Å². The van der Waals surface area contributed by atoms with Crippen LogP contribution in [0.4, 0.5) is 5.82 Å². The summed E-state index contributed by atoms with van der Waals surface area (Å²) in [5.41, 5.74) is 1.13. The minimum Gasteiger partial charge on any atom is -0.357 e. The molecule has 1 aromatic heterocycles. The molecule has 2 aliphatic heterocycles. The number of hydrogen-bond donors (Lipinski definition) is 2. The first kappa shape index (κ1) is 21.7. The van der Waals surface area contributed by atoms with Gasteiger partial charge in [0, 0.05) is 38.9 Å². The number of aromatic nitrogens is 1. The van der Waals surface area contributed by atoms with Crippen LogP contribution in [-0.4, -0.2) is 61.0 Å². The summed E-state index contributed by atoms with van der Waals surface area (Å²) in [6.45, 7) is 7.58. The van der Waals surface area contributed by atoms with Crippen molar-refractivity contribution >= 4 is 41.7 Å². The van der Waals surface area contributed by atoms with Crippen molar-refractivity contribution in [2.24, 2.45) is 4.99 Å². The Hall–Kier alpha value is -1.58. The molecule has 0 unspecified atom stereocenters. The highest BCUT2D eigenvalue weighted by Gasteiger charge is 2.17. The molecule has 0 spiro atoms. The third kappa shape index (κ3) is 6.51. The van der Waals surface area contributed by atoms with E-state index < -0.39 is 0 Å². The number of likely N-dealkylation sites (tertiary alicyclic amines) is 1. The van der Waals surface area contributed by atoms with Crippen LogP contribution in [0.2, 0.25) is 0 Å². The van der Waals surface area contributed by atoms with Gasteiger partial charge in [-0.3, -0.25) is 4.79 Å². The second-order valence-corrected chi connectivity index (χ2v) is 6.85. The number of amides is 1. The predicted molar refractivity (Wildman–Crippen MR) is 120 cm³/mol. The summed E-state index contributed by atoms with van der Waals surface area (Å²) in [4.78, 5) is 25.5. The predicted octanol–water partition coefficient (Wildman–Crippen LogP) is 1.98. The Bertz CT molecular complexity index is 626. The molecule has 2 aliphatic rings. The summed E-state index contributed by atoms with van der Waals surface area (Å²) >= 11 is 0. The number of aliphatic imine (C=N–C) groups is 1. The number of anilines is 1. The number of halogens is 1. The van der Waals surface area contributed by atoms with Gasteiger partial charge in [-0.05, 0) is 50.3 Å². The molecule has 0 radical (unpaired) electrons. The fourth-order valence-electron chi connectivity index (χ4n) is 3.43. The molecule has 2 N–H and O–H groups in total. The average Bonchev–Trinajstić information content (AvgIpc) is 3.38. The van der Waals surface area contributed by atoms with Crippen LogP contribution in [-0.2, 0) is 11.3 Å². The normalized spacial score (nSPS) is 17.0. The van der Waals surface area contributed by atoms with Crippen LogP contribution >= 0.6 is 24.0 Å². The number of hydrogen-bond acceptors (Lipinski definition) is 4. The van der Waals surface area contributed by atoms with E-state index in [0.717, 1.165) is 56.9 Å². The zero-order chi connectivity index (χ0) is 18.2. The second kappa shape index (κ2) is 11.3. The quantitative estimate of drug-likeness (QED) is 0.366. The van der Waals surface area contributed by atoms with Gasteiger partial charge in [0.2, 0.25) is 5.91 Å². The van der Waals surface area contributed by atoms with Crippen molar-refractivity contribution in [2.45, 2.75) is 39.2 Å². The Balaban J connectivity index is 0.00000261. The zero-order valence-electron chi connectivity index (χ0n) is 16.1. The van der Waals surface area contributed by atoms with E-state index >= 15 is 0 Å². The van der Waals surface area contributed by atoms with Crippen molar-refractivity contribution < 1.29 is 4.79 Å². The van der Waals surface area contributed by atoms with Gasteiger partial charge in [-0.2, -0.15) is 0 Å². The number of carbonyl (C=O) groups excluding carboxylic acids is 1. The molecule has 0 aromatic carbocycles. The van der Waals surface area contributed by atoms with Crippen molar-refractivity contribution in [2.75, 3.05) is 44.2 Å². The first-order chi connectivity index (χ1) is 12.8. The van der Waals surface area contributed by atoms with Crippen molar-refractivity contribution in [1.29, 1.82) is 0 Å². The molecule has 27 heavy (non-hydrogen) atoms. The third-order valence-corrected chi connectivity index (χ3v) is 4.87. The highest BCUT2D eigenvalue weighted by atomic mass is 127. The van der Waals surface area contributed by atoms with Crippen LogP contribution in [0.25, 0.3) is 0 Å². The first-order valence-electron chi connectivity index (χ1n) is 9.76. The SMILES string of the molecule is CCNC(=NCc1ccnc(N2CCCC2)c1)NCC(=O)N1CCCC1.I. The Morgan fingerprint density at radius 3 is 2.56 bits per heavy atom. The maximum atomic E-state index is 12.2. The summed E-state index contributed by atoms with van der Waals surface area (Å²) in [6.07, 6.45) is 6.56. The lowest BCUT2D eigenvalue weighted by molar-refractivity contribution is -0.128. The van der Waals surface area contributed by atoms with E-state index in [1.54, 1.807) is 0 Å². The summed E-state index contributed by atoms with van der Waals surface area (Å²) in [7, 11) is 0. The van der Waals surface area contributed by atoms with Gasteiger partial charge in [-0.15, -0.1) is 24.0 Å². The molecule has 1 aromatic rings. The zero-order valence-corrected chi connectivity index (χ0v) is 18.4. The highest BCUT2D eigenvalue weighted by molar-refractivity contribution is 14.0. The lowest BCUT2D eigenvalue weighted by atomic mass is 10.2. The van der Waals surface area contributed by atoms with Gasteiger partial charge in [0.05, 0.1) is 13.1 Å². The standard InChI is InChI=1S/C19H30N6O.HI/c1-2-20-19(23-15-18(26)25-11-5-6-12-25)22-14-16-7-8-21-17(13-16)24-9-3-4-10-24;/h7-8,13H,2-6,9-12,14-15H2,1H3,(H2,20,22,23);1H. The molecular weight excluding hydrogens is 455 g/mol. The van der Waals surface area contributed by atoms with E-state index in [-0.39, 0.29) is 29.9 Å². The number of nitrogens with one attached hydrogen (secondary N) is 2. The fourth-order valence-corrected chi connectivity index (χ4v) is 3.43. The van der Waals surface area contributed by atoms with Gasteiger partial charge in [-0.1, -0.05) is 0 Å². The maximum Gasteiger partial charge on any atom is 0.241 e. The molecule has 2 fully saturated rings. The summed E-state index contributed by atoms with van der Waals surface area (Å²) < 4.78 is 0. The molecule has 150 valence electrons. The molecule has 8 heteroatoms. The lowest BCUT2D eigenvalue weighted by Crippen LogP contribution is -2.44. The smallest absolute Gasteiger partial charge is 0.241 e. The number of carbonyl (C=O) groups is 1. The molecule has 0 atom stereocenters. The summed E-state index contributed by atoms with van der Waals surface area (Å²) in [5, 5.41) is 6.37. The van der Waals surface area contributed by atoms with Crippen LogP contribution in [0.3, 0.4) is 0 Å². The largest absolute Gasteiger partial charge is 0.357 e. The summed E-state index contributed by atoms with van der Waals surface area (Å²) in [5.74, 6) is 1.87. The Kier molecular flexibility index (Phi) is 9.09. The number of rotatable bonds is 6. The summed E-state index contributed by atoms with van der Waals surface area (Å²) in [6, 6.07) is 4.12. The second-order valence-electron chi connectivity index (χ2n) is 6.85. The van der Waals surface area contributed by atoms with Gasteiger partial charge in [0.1, 0.15) is 5.82 Å². The lowest BCUT2D eigenvalue weighted by Gasteiger charge is -2.17. The molecule has 0 aliphatic carbocycles. The van der Waals surface area contributed by atoms with Crippen molar-refractivity contribution in [3.05, 3.63) is 23.9 Å². The number of nitrogens with zero attached hydrogens (tertiary/aromatic N) is 4. The van der Waals surface area contributed by atoms with E-state index in [0.29, 0.717) is 19.0 Å². The minimum atomic E-state index is 0. The van der Waals surface area contributed by atoms with Gasteiger partial charge < -0.3 is 20.4 Å². The fraction of sp³-hybridized carbons (Fsp3) is 0.632. The highest BCUT2D eigenvalue weighted by Crippen LogP contribution is 2.18. The van der Waals surface area contributed by atoms with Gasteiger partial charge >= 0.3 is 0 Å². The minimum absolute atomic E-state index is 0. The molecular formula is C19H31IN6O. The van der Waals surface area contributed by atoms with Gasteiger partial charge in [0.25, 0.3) is 0 Å². The topological polar surface area (TPSA) is 72.9 Å². The Labute approximate surface area is 179 Å². The van der Waals surface area contributed by atoms with Crippen LogP contribution in [0.15, 0.2) is 23.3 Å². The van der Waals surface area contributed by atoms with Crippen LogP contribution in [0, 0.1) is 0 Å². The molecule has 3 rings (SSSR count). The van der Waals surface area contributed by atoms with Crippen LogP contribution in [0.5, 0.6) is 0 Å². The third-order valence-electron chi connectivity index (χ3n) is 4.87.